The van der Waals surface area contributed by atoms with E-state index in [1.54, 1.807) is 41.9 Å². The molecule has 7 aromatic rings. The zero-order valence-electron chi connectivity index (χ0n) is 28.5. The monoisotopic (exact) mass is 777 g/mol. The number of fused-ring (bicyclic) bond motifs is 2. The number of pyridine rings is 1. The summed E-state index contributed by atoms with van der Waals surface area (Å²) in [6.07, 6.45) is 2.67. The van der Waals surface area contributed by atoms with Gasteiger partial charge in [-0.05, 0) is 88.8 Å². The van der Waals surface area contributed by atoms with Crippen LogP contribution in [0.2, 0.25) is 0 Å². The summed E-state index contributed by atoms with van der Waals surface area (Å²) >= 11 is 7.07. The van der Waals surface area contributed by atoms with E-state index in [2.05, 4.69) is 69.4 Å². The fraction of sp³-hybridized carbons (Fsp3) is 0.167. The number of esters is 2. The Kier molecular flexibility index (Phi) is 11.9. The molecule has 0 amide bonds. The van der Waals surface area contributed by atoms with Gasteiger partial charge in [-0.25, -0.2) is 14.6 Å². The second-order valence-electron chi connectivity index (χ2n) is 11.5. The zero-order valence-corrected chi connectivity index (χ0v) is 31.7. The number of carbonyl (C=O) groups is 2. The number of hydrogen-bond donors (Lipinski definition) is 0. The van der Waals surface area contributed by atoms with Crippen LogP contribution in [0, 0.1) is 0 Å². The van der Waals surface area contributed by atoms with Crippen LogP contribution in [0.15, 0.2) is 115 Å². The summed E-state index contributed by atoms with van der Waals surface area (Å²) in [4.78, 5) is 30.9. The van der Waals surface area contributed by atoms with E-state index in [0.29, 0.717) is 30.2 Å². The van der Waals surface area contributed by atoms with Gasteiger partial charge in [-0.3, -0.25) is 0 Å². The predicted octanol–water partition coefficient (Wildman–Crippen LogP) is 11.4. The average Bonchev–Trinajstić information content (AvgIpc) is 3.79. The smallest absolute Gasteiger partial charge is 0.338 e. The second kappa shape index (κ2) is 16.9. The molecule has 0 bridgehead atoms. The molecule has 0 saturated heterocycles. The van der Waals surface area contributed by atoms with Gasteiger partial charge in [0.2, 0.25) is 5.88 Å². The van der Waals surface area contributed by atoms with Crippen molar-refractivity contribution in [2.24, 2.45) is 0 Å². The Labute approximate surface area is 313 Å². The van der Waals surface area contributed by atoms with Crippen LogP contribution in [0.3, 0.4) is 0 Å². The molecular weight excluding hydrogens is 743 g/mol. The number of benzene rings is 4. The maximum atomic E-state index is 12.1. The molecule has 0 fully saturated rings. The molecule has 0 unspecified atom stereocenters. The first-order valence-electron chi connectivity index (χ1n) is 16.5. The quantitative estimate of drug-likeness (QED) is 0.102. The fourth-order valence-corrected chi connectivity index (χ4v) is 8.51. The van der Waals surface area contributed by atoms with Crippen molar-refractivity contribution in [2.75, 3.05) is 20.3 Å². The van der Waals surface area contributed by atoms with Crippen molar-refractivity contribution in [3.63, 3.8) is 0 Å². The van der Waals surface area contributed by atoms with Gasteiger partial charge < -0.3 is 14.2 Å². The molecule has 0 aliphatic carbocycles. The van der Waals surface area contributed by atoms with E-state index in [0.717, 1.165) is 39.6 Å². The lowest BCUT2D eigenvalue weighted by atomic mass is 10.0. The first-order valence-corrected chi connectivity index (χ1v) is 19.3. The molecule has 0 aliphatic heterocycles. The number of aromatic nitrogens is 1. The number of thiophene rings is 2. The number of halogens is 1. The summed E-state index contributed by atoms with van der Waals surface area (Å²) in [6.45, 7) is 4.38. The average molecular weight is 779 g/mol. The van der Waals surface area contributed by atoms with Crippen molar-refractivity contribution in [2.45, 2.75) is 25.6 Å². The van der Waals surface area contributed by atoms with Gasteiger partial charge in [-0.15, -0.1) is 22.7 Å². The lowest BCUT2D eigenvalue weighted by Crippen LogP contribution is -2.04. The number of hydrogen-bond acceptors (Lipinski definition) is 8. The largest absolute Gasteiger partial charge is 0.481 e. The van der Waals surface area contributed by atoms with Gasteiger partial charge in [0.15, 0.2) is 0 Å². The van der Waals surface area contributed by atoms with Crippen LogP contribution in [0.1, 0.15) is 49.9 Å². The van der Waals surface area contributed by atoms with Gasteiger partial charge in [0.05, 0.1) is 31.5 Å². The Balaban J connectivity index is 0.000000183. The van der Waals surface area contributed by atoms with Gasteiger partial charge in [-0.2, -0.15) is 0 Å². The third-order valence-corrected chi connectivity index (χ3v) is 11.4. The van der Waals surface area contributed by atoms with Gasteiger partial charge in [-0.1, -0.05) is 82.7 Å². The van der Waals surface area contributed by atoms with Gasteiger partial charge >= 0.3 is 11.9 Å². The first-order chi connectivity index (χ1) is 24.9. The Hall–Kier alpha value is -4.83. The second-order valence-corrected chi connectivity index (χ2v) is 14.3. The normalized spacial score (nSPS) is 10.8. The number of carbonyl (C=O) groups excluding carboxylic acids is 2. The lowest BCUT2D eigenvalue weighted by molar-refractivity contribution is 0.0517. The van der Waals surface area contributed by atoms with Crippen LogP contribution in [0.25, 0.3) is 42.4 Å². The minimum atomic E-state index is -0.291. The Morgan fingerprint density at radius 2 is 1.20 bits per heavy atom. The molecule has 3 heterocycles. The molecule has 4 aromatic carbocycles. The Bertz CT molecular complexity index is 2290. The van der Waals surface area contributed by atoms with E-state index in [9.17, 15) is 9.59 Å². The third-order valence-electron chi connectivity index (χ3n) is 8.08. The van der Waals surface area contributed by atoms with Gasteiger partial charge in [0.1, 0.15) is 0 Å². The summed E-state index contributed by atoms with van der Waals surface area (Å²) in [6, 6.07) is 36.2. The third kappa shape index (κ3) is 8.56. The molecule has 0 atom stereocenters. The number of methoxy groups -OCH3 is 1. The predicted molar refractivity (Wildman–Crippen MR) is 213 cm³/mol. The highest BCUT2D eigenvalue weighted by molar-refractivity contribution is 9.08. The number of ether oxygens (including phenoxy) is 3. The summed E-state index contributed by atoms with van der Waals surface area (Å²) < 4.78 is 17.8. The molecule has 0 saturated carbocycles. The van der Waals surface area contributed by atoms with E-state index in [1.165, 1.54) is 29.9 Å². The number of rotatable bonds is 10. The van der Waals surface area contributed by atoms with Crippen LogP contribution in [-0.2, 0) is 21.2 Å². The zero-order chi connectivity index (χ0) is 35.7. The summed E-state index contributed by atoms with van der Waals surface area (Å²) in [5.41, 5.74) is 6.64. The molecule has 0 spiro atoms. The van der Waals surface area contributed by atoms with Crippen molar-refractivity contribution in [3.05, 3.63) is 142 Å². The molecule has 9 heteroatoms. The molecule has 258 valence electrons. The fourth-order valence-electron chi connectivity index (χ4n) is 5.73. The standard InChI is InChI=1S/C24H21NO3S.C18H15BrO2S/c1-3-28-24(26)19-8-4-6-17(13-19)21-9-5-7-18-14-20(29-23(18)21)12-16-10-11-22(27-2)25-15-16;1-2-21-18(20)14-7-3-5-12(9-14)16-8-4-6-13-10-15(11-19)22-17(13)16/h4-11,13-15H,3,12H2,1-2H3;3-10H,2,11H2,1H3. The topological polar surface area (TPSA) is 74.7 Å². The maximum absolute atomic E-state index is 12.1. The molecule has 6 nitrogen and oxygen atoms in total. The molecule has 0 N–H and O–H groups in total. The summed E-state index contributed by atoms with van der Waals surface area (Å²) in [5.74, 6) is 0.0538. The van der Waals surface area contributed by atoms with Crippen molar-refractivity contribution in [1.29, 1.82) is 0 Å². The summed E-state index contributed by atoms with van der Waals surface area (Å²) in [7, 11) is 1.62. The minimum Gasteiger partial charge on any atom is -0.481 e. The van der Waals surface area contributed by atoms with E-state index in [1.807, 2.05) is 68.6 Å². The molecule has 3 aromatic heterocycles. The molecule has 0 radical (unpaired) electrons. The van der Waals surface area contributed by atoms with Crippen LogP contribution in [0.4, 0.5) is 0 Å². The lowest BCUT2D eigenvalue weighted by Gasteiger charge is -2.06. The van der Waals surface area contributed by atoms with Crippen LogP contribution in [-0.4, -0.2) is 37.2 Å². The van der Waals surface area contributed by atoms with Crippen molar-refractivity contribution < 1.29 is 23.8 Å². The molecule has 51 heavy (non-hydrogen) atoms. The SMILES string of the molecule is CCOC(=O)c1cccc(-c2cccc3cc(CBr)sc23)c1.CCOC(=O)c1cccc(-c2cccc3cc(Cc4ccc(OC)nc4)sc23)c1. The van der Waals surface area contributed by atoms with Crippen LogP contribution < -0.4 is 4.74 Å². The van der Waals surface area contributed by atoms with E-state index >= 15 is 0 Å². The van der Waals surface area contributed by atoms with E-state index < -0.39 is 0 Å². The van der Waals surface area contributed by atoms with Crippen molar-refractivity contribution in [1.82, 2.24) is 4.98 Å². The van der Waals surface area contributed by atoms with E-state index in [4.69, 9.17) is 14.2 Å². The highest BCUT2D eigenvalue weighted by atomic mass is 79.9. The maximum Gasteiger partial charge on any atom is 0.338 e. The molecule has 7 rings (SSSR count). The number of alkyl halides is 1. The van der Waals surface area contributed by atoms with Crippen molar-refractivity contribution >= 4 is 70.7 Å². The Morgan fingerprint density at radius 1 is 0.667 bits per heavy atom. The minimum absolute atomic E-state index is 0.274. The molecular formula is C42H36BrNO5S2. The summed E-state index contributed by atoms with van der Waals surface area (Å²) in [5, 5.41) is 3.29. The van der Waals surface area contributed by atoms with Crippen molar-refractivity contribution in [3.8, 4) is 28.1 Å². The van der Waals surface area contributed by atoms with Crippen LogP contribution >= 0.6 is 38.6 Å². The highest BCUT2D eigenvalue weighted by Gasteiger charge is 2.13. The van der Waals surface area contributed by atoms with Gasteiger partial charge in [0, 0.05) is 43.2 Å². The first kappa shape index (κ1) is 36.0. The molecule has 0 aliphatic rings. The Morgan fingerprint density at radius 3 is 1.69 bits per heavy atom. The van der Waals surface area contributed by atoms with E-state index in [-0.39, 0.29) is 11.9 Å². The highest BCUT2D eigenvalue weighted by Crippen LogP contribution is 2.37. The van der Waals surface area contributed by atoms with Crippen LogP contribution in [0.5, 0.6) is 5.88 Å². The number of nitrogens with zero attached hydrogens (tertiary/aromatic N) is 1. The van der Waals surface area contributed by atoms with Gasteiger partial charge in [0.25, 0.3) is 0 Å².